The van der Waals surface area contributed by atoms with Crippen molar-refractivity contribution in [3.05, 3.63) is 63.0 Å². The van der Waals surface area contributed by atoms with Crippen LogP contribution in [-0.2, 0) is 0 Å². The van der Waals surface area contributed by atoms with Crippen molar-refractivity contribution in [2.45, 2.75) is 0 Å². The van der Waals surface area contributed by atoms with Crippen LogP contribution in [0.1, 0.15) is 0 Å². The quantitative estimate of drug-likeness (QED) is 0.331. The normalized spacial score (nSPS) is 10.9. The molecule has 0 fully saturated rings. The van der Waals surface area contributed by atoms with Crippen LogP contribution in [0.15, 0.2) is 51.7 Å². The van der Waals surface area contributed by atoms with E-state index >= 15 is 0 Å². The summed E-state index contributed by atoms with van der Waals surface area (Å²) in [5.74, 6) is 0.595. The molecule has 0 amide bonds. The van der Waals surface area contributed by atoms with Crippen LogP contribution in [0, 0.1) is 10.1 Å². The number of hydrogen-bond donors (Lipinski definition) is 1. The highest BCUT2D eigenvalue weighted by Crippen LogP contribution is 2.36. The molecule has 0 aliphatic carbocycles. The molecule has 4 aromatic rings. The van der Waals surface area contributed by atoms with Gasteiger partial charge in [0.25, 0.3) is 0 Å². The third kappa shape index (κ3) is 2.78. The number of nitro benzene ring substituents is 1. The summed E-state index contributed by atoms with van der Waals surface area (Å²) >= 11 is 0. The van der Waals surface area contributed by atoms with E-state index in [9.17, 15) is 14.9 Å². The van der Waals surface area contributed by atoms with Gasteiger partial charge in [0.15, 0.2) is 0 Å². The Labute approximate surface area is 150 Å². The first-order valence-electron chi connectivity index (χ1n) is 7.72. The molecule has 4 rings (SSSR count). The number of methoxy groups -OCH3 is 1. The monoisotopic (exact) mass is 365 g/mol. The number of tetrazole rings is 1. The third-order valence-electron chi connectivity index (χ3n) is 4.01. The summed E-state index contributed by atoms with van der Waals surface area (Å²) in [4.78, 5) is 23.2. The Bertz CT molecular complexity index is 1220. The van der Waals surface area contributed by atoms with Crippen LogP contribution in [0.25, 0.3) is 33.5 Å². The second-order valence-corrected chi connectivity index (χ2v) is 5.55. The van der Waals surface area contributed by atoms with Gasteiger partial charge in [0.2, 0.25) is 11.4 Å². The van der Waals surface area contributed by atoms with Crippen molar-refractivity contribution in [3.8, 4) is 28.3 Å². The highest BCUT2D eigenvalue weighted by atomic mass is 16.6. The standard InChI is InChI=1S/C17H11N5O5/c1-26-14-5-3-2-4-11(14)9-6-10-7-12(16-18-20-21-19-16)17(23)27-15(10)13(8-9)22(24)25/h2-8H,1H3,(H,18,19,20,21). The van der Waals surface area contributed by atoms with E-state index in [4.69, 9.17) is 9.15 Å². The van der Waals surface area contributed by atoms with Crippen molar-refractivity contribution in [1.82, 2.24) is 20.6 Å². The predicted molar refractivity (Wildman–Crippen MR) is 94.3 cm³/mol. The van der Waals surface area contributed by atoms with Gasteiger partial charge in [-0.1, -0.05) is 18.2 Å². The van der Waals surface area contributed by atoms with Crippen molar-refractivity contribution in [2.24, 2.45) is 0 Å². The summed E-state index contributed by atoms with van der Waals surface area (Å²) in [6.45, 7) is 0. The SMILES string of the molecule is COc1ccccc1-c1cc([N+](=O)[O-])c2oc(=O)c(-c3nn[nH]n3)cc2c1. The van der Waals surface area contributed by atoms with Crippen molar-refractivity contribution < 1.29 is 14.1 Å². The largest absolute Gasteiger partial charge is 0.496 e. The van der Waals surface area contributed by atoms with Crippen LogP contribution in [-0.4, -0.2) is 32.7 Å². The average molecular weight is 365 g/mol. The Hall–Kier alpha value is -4.08. The molecule has 0 radical (unpaired) electrons. The van der Waals surface area contributed by atoms with Crippen molar-refractivity contribution in [2.75, 3.05) is 7.11 Å². The molecular weight excluding hydrogens is 354 g/mol. The number of nitro groups is 1. The minimum atomic E-state index is -0.794. The fourth-order valence-corrected chi connectivity index (χ4v) is 2.82. The predicted octanol–water partition coefficient (Wildman–Crippen LogP) is 2.56. The van der Waals surface area contributed by atoms with Crippen molar-refractivity contribution in [1.29, 1.82) is 0 Å². The number of ether oxygens (including phenoxy) is 1. The maximum atomic E-state index is 12.2. The van der Waals surface area contributed by atoms with Gasteiger partial charge in [-0.25, -0.2) is 4.79 Å². The lowest BCUT2D eigenvalue weighted by molar-refractivity contribution is -0.383. The lowest BCUT2D eigenvalue weighted by Gasteiger charge is -2.09. The van der Waals surface area contributed by atoms with E-state index in [1.54, 1.807) is 30.3 Å². The van der Waals surface area contributed by atoms with E-state index in [2.05, 4.69) is 20.6 Å². The molecule has 0 unspecified atom stereocenters. The summed E-state index contributed by atoms with van der Waals surface area (Å²) in [6, 6.07) is 11.6. The van der Waals surface area contributed by atoms with Gasteiger partial charge in [0, 0.05) is 17.0 Å². The first-order chi connectivity index (χ1) is 13.1. The van der Waals surface area contributed by atoms with E-state index in [1.807, 2.05) is 0 Å². The minimum absolute atomic E-state index is 0.0380. The number of rotatable bonds is 4. The van der Waals surface area contributed by atoms with E-state index in [0.717, 1.165) is 0 Å². The fraction of sp³-hybridized carbons (Fsp3) is 0.0588. The molecule has 0 saturated heterocycles. The van der Waals surface area contributed by atoms with Crippen LogP contribution < -0.4 is 10.4 Å². The van der Waals surface area contributed by atoms with Gasteiger partial charge in [0.05, 0.1) is 12.0 Å². The molecule has 134 valence electrons. The molecule has 27 heavy (non-hydrogen) atoms. The molecule has 10 heteroatoms. The van der Waals surface area contributed by atoms with Gasteiger partial charge in [-0.2, -0.15) is 5.21 Å². The van der Waals surface area contributed by atoms with Gasteiger partial charge in [0.1, 0.15) is 11.3 Å². The van der Waals surface area contributed by atoms with Gasteiger partial charge in [-0.05, 0) is 29.0 Å². The van der Waals surface area contributed by atoms with Crippen molar-refractivity contribution in [3.63, 3.8) is 0 Å². The lowest BCUT2D eigenvalue weighted by Crippen LogP contribution is -2.05. The zero-order chi connectivity index (χ0) is 19.0. The maximum Gasteiger partial charge on any atom is 0.347 e. The molecular formula is C17H11N5O5. The van der Waals surface area contributed by atoms with Crippen LogP contribution in [0.3, 0.4) is 0 Å². The van der Waals surface area contributed by atoms with Crippen molar-refractivity contribution >= 4 is 16.7 Å². The molecule has 0 atom stereocenters. The summed E-state index contributed by atoms with van der Waals surface area (Å²) in [7, 11) is 1.52. The molecule has 0 aliphatic rings. The molecule has 2 heterocycles. The molecule has 2 aromatic carbocycles. The second kappa shape index (κ2) is 6.33. The Morgan fingerprint density at radius 2 is 2.00 bits per heavy atom. The molecule has 0 saturated carbocycles. The topological polar surface area (TPSA) is 137 Å². The number of nitrogens with one attached hydrogen (secondary N) is 1. The second-order valence-electron chi connectivity index (χ2n) is 5.55. The molecule has 2 aromatic heterocycles. The van der Waals surface area contributed by atoms with E-state index in [-0.39, 0.29) is 22.7 Å². The number of benzene rings is 2. The van der Waals surface area contributed by atoms with E-state index in [1.165, 1.54) is 19.2 Å². The van der Waals surface area contributed by atoms with Crippen LogP contribution >= 0.6 is 0 Å². The first kappa shape index (κ1) is 16.4. The molecule has 0 spiro atoms. The average Bonchev–Trinajstić information content (AvgIpc) is 3.21. The van der Waals surface area contributed by atoms with E-state index in [0.29, 0.717) is 22.3 Å². The molecule has 1 N–H and O–H groups in total. The Morgan fingerprint density at radius 1 is 1.19 bits per heavy atom. The van der Waals surface area contributed by atoms with Crippen LogP contribution in [0.4, 0.5) is 5.69 Å². The van der Waals surface area contributed by atoms with Crippen LogP contribution in [0.2, 0.25) is 0 Å². The zero-order valence-electron chi connectivity index (χ0n) is 13.9. The number of H-pyrrole nitrogens is 1. The summed E-state index contributed by atoms with van der Waals surface area (Å²) < 4.78 is 10.5. The maximum absolute atomic E-state index is 12.2. The smallest absolute Gasteiger partial charge is 0.347 e. The Morgan fingerprint density at radius 3 is 2.70 bits per heavy atom. The van der Waals surface area contributed by atoms with Crippen LogP contribution in [0.5, 0.6) is 5.75 Å². The molecule has 10 nitrogen and oxygen atoms in total. The number of aromatic amines is 1. The summed E-state index contributed by atoms with van der Waals surface area (Å²) in [5, 5.41) is 25.1. The number of fused-ring (bicyclic) bond motifs is 1. The zero-order valence-corrected chi connectivity index (χ0v) is 13.9. The molecule has 0 aliphatic heterocycles. The summed E-state index contributed by atoms with van der Waals surface area (Å²) in [5.41, 5.74) is -0.00213. The number of non-ortho nitro benzene ring substituents is 1. The van der Waals surface area contributed by atoms with Gasteiger partial charge in [-0.15, -0.1) is 10.2 Å². The highest BCUT2D eigenvalue weighted by Gasteiger charge is 2.21. The first-order valence-corrected chi connectivity index (χ1v) is 7.72. The number of nitrogens with zero attached hydrogens (tertiary/aromatic N) is 4. The number of aromatic nitrogens is 4. The number of para-hydroxylation sites is 1. The highest BCUT2D eigenvalue weighted by molar-refractivity contribution is 5.93. The lowest BCUT2D eigenvalue weighted by atomic mass is 10.0. The number of hydrogen-bond acceptors (Lipinski definition) is 8. The van der Waals surface area contributed by atoms with Gasteiger partial charge < -0.3 is 9.15 Å². The Balaban J connectivity index is 2.04. The van der Waals surface area contributed by atoms with E-state index < -0.39 is 10.5 Å². The Kier molecular flexibility index (Phi) is 3.84. The summed E-state index contributed by atoms with van der Waals surface area (Å²) in [6.07, 6.45) is 0. The minimum Gasteiger partial charge on any atom is -0.496 e. The molecule has 0 bridgehead atoms. The third-order valence-corrected chi connectivity index (χ3v) is 4.01. The fourth-order valence-electron chi connectivity index (χ4n) is 2.82. The van der Waals surface area contributed by atoms with Gasteiger partial charge >= 0.3 is 11.3 Å². The van der Waals surface area contributed by atoms with Gasteiger partial charge in [-0.3, -0.25) is 10.1 Å².